The first-order chi connectivity index (χ1) is 9.19. The Labute approximate surface area is 115 Å². The van der Waals surface area contributed by atoms with E-state index in [1.165, 1.54) is 0 Å². The van der Waals surface area contributed by atoms with E-state index >= 15 is 0 Å². The Hall–Kier alpha value is -1.86. The van der Waals surface area contributed by atoms with Crippen LogP contribution in [-0.4, -0.2) is 19.0 Å². The summed E-state index contributed by atoms with van der Waals surface area (Å²) in [6, 6.07) is 9.48. The van der Waals surface area contributed by atoms with Crippen molar-refractivity contribution in [3.8, 4) is 6.07 Å². The molecule has 1 aromatic carbocycles. The molecule has 0 aliphatic carbocycles. The molecule has 0 spiro atoms. The first-order valence-corrected chi connectivity index (χ1v) is 6.64. The maximum atomic E-state index is 11.7. The maximum Gasteiger partial charge on any atom is 0.251 e. The molecule has 1 rings (SSSR count). The van der Waals surface area contributed by atoms with Gasteiger partial charge in [-0.2, -0.15) is 5.26 Å². The molecule has 0 aliphatic heterocycles. The van der Waals surface area contributed by atoms with Crippen LogP contribution in [0.25, 0.3) is 0 Å². The number of nitrogens with one attached hydrogen (secondary N) is 1. The van der Waals surface area contributed by atoms with Crippen molar-refractivity contribution in [1.29, 1.82) is 5.26 Å². The fourth-order valence-corrected chi connectivity index (χ4v) is 1.53. The summed E-state index contributed by atoms with van der Waals surface area (Å²) in [6.45, 7) is 6.87. The van der Waals surface area contributed by atoms with Gasteiger partial charge in [0.25, 0.3) is 5.91 Å². The van der Waals surface area contributed by atoms with Crippen molar-refractivity contribution in [2.75, 3.05) is 13.1 Å². The number of nitriles is 1. The van der Waals surface area contributed by atoms with Gasteiger partial charge in [-0.05, 0) is 23.6 Å². The first kappa shape index (κ1) is 17.1. The Kier molecular flexibility index (Phi) is 9.11. The zero-order valence-corrected chi connectivity index (χ0v) is 11.9. The maximum absolute atomic E-state index is 11.7. The number of carbonyl (C=O) groups excluding carboxylic acids is 1. The lowest BCUT2D eigenvalue weighted by molar-refractivity contribution is 0.0954. The zero-order valence-electron chi connectivity index (χ0n) is 11.9. The lowest BCUT2D eigenvalue weighted by atomic mass is 9.96. The molecule has 0 saturated carbocycles. The quantitative estimate of drug-likeness (QED) is 0.854. The molecule has 0 heterocycles. The fraction of sp³-hybridized carbons (Fsp3) is 0.467. The van der Waals surface area contributed by atoms with Gasteiger partial charge in [0.1, 0.15) is 0 Å². The van der Waals surface area contributed by atoms with Crippen LogP contribution in [0, 0.1) is 11.3 Å². The van der Waals surface area contributed by atoms with Crippen LogP contribution < -0.4 is 11.1 Å². The van der Waals surface area contributed by atoms with Crippen LogP contribution in [0.15, 0.2) is 24.3 Å². The highest BCUT2D eigenvalue weighted by Gasteiger charge is 2.09. The van der Waals surface area contributed by atoms with Crippen LogP contribution in [0.1, 0.15) is 49.0 Å². The van der Waals surface area contributed by atoms with E-state index in [9.17, 15) is 4.79 Å². The van der Waals surface area contributed by atoms with Crippen LogP contribution in [0.4, 0.5) is 0 Å². The molecule has 4 nitrogen and oxygen atoms in total. The summed E-state index contributed by atoms with van der Waals surface area (Å²) in [6.07, 6.45) is 0.452. The molecule has 104 valence electrons. The van der Waals surface area contributed by atoms with Crippen LogP contribution in [0.3, 0.4) is 0 Å². The molecular weight excluding hydrogens is 238 g/mol. The van der Waals surface area contributed by atoms with Crippen molar-refractivity contribution in [3.05, 3.63) is 35.4 Å². The van der Waals surface area contributed by atoms with E-state index in [4.69, 9.17) is 11.0 Å². The predicted molar refractivity (Wildman–Crippen MR) is 77.8 cm³/mol. The molecule has 0 radical (unpaired) electrons. The third kappa shape index (κ3) is 6.03. The molecule has 3 N–H and O–H groups in total. The molecule has 0 fully saturated rings. The summed E-state index contributed by atoms with van der Waals surface area (Å²) in [7, 11) is 0. The van der Waals surface area contributed by atoms with Gasteiger partial charge in [0, 0.05) is 25.1 Å². The number of amides is 1. The predicted octanol–water partition coefficient (Wildman–Crippen LogP) is 2.42. The molecule has 0 aromatic heterocycles. The average Bonchev–Trinajstić information content (AvgIpc) is 2.47. The summed E-state index contributed by atoms with van der Waals surface area (Å²) < 4.78 is 0. The number of carbonyl (C=O) groups is 1. The third-order valence-corrected chi connectivity index (χ3v) is 2.55. The van der Waals surface area contributed by atoms with Gasteiger partial charge < -0.3 is 11.1 Å². The normalized spacial score (nSPS) is 10.7. The number of hydrogen-bond donors (Lipinski definition) is 2. The van der Waals surface area contributed by atoms with Gasteiger partial charge in [-0.1, -0.05) is 32.9 Å². The van der Waals surface area contributed by atoms with Gasteiger partial charge in [-0.25, -0.2) is 0 Å². The van der Waals surface area contributed by atoms with Gasteiger partial charge >= 0.3 is 0 Å². The molecule has 1 atom stereocenters. The van der Waals surface area contributed by atoms with Crippen molar-refractivity contribution >= 4 is 5.91 Å². The van der Waals surface area contributed by atoms with E-state index in [1.807, 2.05) is 39.0 Å². The van der Waals surface area contributed by atoms with Crippen LogP contribution in [0.2, 0.25) is 0 Å². The Balaban J connectivity index is 0.00000154. The summed E-state index contributed by atoms with van der Waals surface area (Å²) in [5.41, 5.74) is 6.94. The van der Waals surface area contributed by atoms with Gasteiger partial charge in [-0.3, -0.25) is 4.79 Å². The Morgan fingerprint density at radius 1 is 1.47 bits per heavy atom. The highest BCUT2D eigenvalue weighted by atomic mass is 16.1. The number of benzene rings is 1. The van der Waals surface area contributed by atoms with Crippen molar-refractivity contribution in [1.82, 2.24) is 5.32 Å². The smallest absolute Gasteiger partial charge is 0.251 e. The minimum absolute atomic E-state index is 0.124. The molecule has 0 bridgehead atoms. The minimum Gasteiger partial charge on any atom is -0.351 e. The van der Waals surface area contributed by atoms with Gasteiger partial charge in [0.15, 0.2) is 0 Å². The van der Waals surface area contributed by atoms with Gasteiger partial charge in [-0.15, -0.1) is 0 Å². The average molecular weight is 261 g/mol. The fourth-order valence-electron chi connectivity index (χ4n) is 1.53. The second-order valence-electron chi connectivity index (χ2n) is 3.93. The molecule has 0 saturated heterocycles. The number of nitrogens with two attached hydrogens (primary N) is 1. The highest BCUT2D eigenvalue weighted by molar-refractivity contribution is 5.94. The molecule has 1 aromatic rings. The number of nitrogens with zero attached hydrogens (tertiary/aromatic N) is 1. The van der Waals surface area contributed by atoms with E-state index in [-0.39, 0.29) is 11.8 Å². The van der Waals surface area contributed by atoms with Gasteiger partial charge in [0.05, 0.1) is 6.07 Å². The van der Waals surface area contributed by atoms with Gasteiger partial charge in [0.2, 0.25) is 0 Å². The van der Waals surface area contributed by atoms with E-state index < -0.39 is 0 Å². The molecule has 4 heteroatoms. The Morgan fingerprint density at radius 2 is 2.16 bits per heavy atom. The third-order valence-electron chi connectivity index (χ3n) is 2.55. The monoisotopic (exact) mass is 261 g/mol. The number of rotatable bonds is 5. The summed E-state index contributed by atoms with van der Waals surface area (Å²) in [4.78, 5) is 11.7. The first-order valence-electron chi connectivity index (χ1n) is 6.64. The molecule has 19 heavy (non-hydrogen) atoms. The molecule has 0 aliphatic rings. The van der Waals surface area contributed by atoms with Crippen molar-refractivity contribution in [2.24, 2.45) is 5.73 Å². The van der Waals surface area contributed by atoms with Crippen LogP contribution >= 0.6 is 0 Å². The Bertz CT molecular complexity index is 424. The summed E-state index contributed by atoms with van der Waals surface area (Å²) >= 11 is 0. The molecule has 1 amide bonds. The van der Waals surface area contributed by atoms with Crippen LogP contribution in [0.5, 0.6) is 0 Å². The molecule has 1 unspecified atom stereocenters. The summed E-state index contributed by atoms with van der Waals surface area (Å²) in [5, 5.41) is 11.4. The largest absolute Gasteiger partial charge is 0.351 e. The minimum atomic E-state index is -0.124. The SMILES string of the molecule is CC.CC(CC#N)c1cccc(C(=O)NCCN)c1. The molecular formula is C15H23N3O. The highest BCUT2D eigenvalue weighted by Crippen LogP contribution is 2.19. The Morgan fingerprint density at radius 3 is 2.74 bits per heavy atom. The lowest BCUT2D eigenvalue weighted by Gasteiger charge is -2.09. The van der Waals surface area contributed by atoms with E-state index in [0.717, 1.165) is 5.56 Å². The van der Waals surface area contributed by atoms with E-state index in [0.29, 0.717) is 25.1 Å². The second kappa shape index (κ2) is 10.1. The topological polar surface area (TPSA) is 78.9 Å². The standard InChI is InChI=1S/C13H17N3O.C2H6/c1-10(5-6-14)11-3-2-4-12(9-11)13(17)16-8-7-15;1-2/h2-4,9-10H,5,7-8,15H2,1H3,(H,16,17);1-2H3. The zero-order chi connectivity index (χ0) is 14.7. The number of hydrogen-bond acceptors (Lipinski definition) is 3. The van der Waals surface area contributed by atoms with Crippen molar-refractivity contribution in [3.63, 3.8) is 0 Å². The van der Waals surface area contributed by atoms with Crippen LogP contribution in [-0.2, 0) is 0 Å². The van der Waals surface area contributed by atoms with E-state index in [2.05, 4.69) is 11.4 Å². The summed E-state index contributed by atoms with van der Waals surface area (Å²) in [5.74, 6) is 0.0173. The van der Waals surface area contributed by atoms with E-state index in [1.54, 1.807) is 6.07 Å². The lowest BCUT2D eigenvalue weighted by Crippen LogP contribution is -2.29. The second-order valence-corrected chi connectivity index (χ2v) is 3.93. The van der Waals surface area contributed by atoms with Crippen molar-refractivity contribution in [2.45, 2.75) is 33.1 Å². The van der Waals surface area contributed by atoms with Crippen molar-refractivity contribution < 1.29 is 4.79 Å².